The van der Waals surface area contributed by atoms with E-state index in [9.17, 15) is 14.4 Å². The van der Waals surface area contributed by atoms with Gasteiger partial charge in [-0.3, -0.25) is 4.79 Å². The zero-order valence-corrected chi connectivity index (χ0v) is 12.5. The van der Waals surface area contributed by atoms with Gasteiger partial charge in [-0.2, -0.15) is 0 Å². The lowest BCUT2D eigenvalue weighted by molar-refractivity contribution is -0.145. The van der Waals surface area contributed by atoms with Crippen LogP contribution >= 0.6 is 0 Å². The summed E-state index contributed by atoms with van der Waals surface area (Å²) >= 11 is 0. The van der Waals surface area contributed by atoms with E-state index >= 15 is 0 Å². The molecule has 7 heteroatoms. The molecule has 2 amide bonds. The smallest absolute Gasteiger partial charge is 0.328 e. The summed E-state index contributed by atoms with van der Waals surface area (Å²) in [6.45, 7) is 1.11. The number of hydrogen-bond donors (Lipinski definition) is 2. The van der Waals surface area contributed by atoms with Crippen molar-refractivity contribution >= 4 is 18.0 Å². The Kier molecular flexibility index (Phi) is 7.56. The van der Waals surface area contributed by atoms with Gasteiger partial charge in [0.1, 0.15) is 6.04 Å². The van der Waals surface area contributed by atoms with Crippen LogP contribution in [0.3, 0.4) is 0 Å². The second kappa shape index (κ2) is 9.20. The minimum absolute atomic E-state index is 0.195. The van der Waals surface area contributed by atoms with Gasteiger partial charge in [-0.25, -0.2) is 9.59 Å². The molecular weight excluding hydrogens is 276 g/mol. The van der Waals surface area contributed by atoms with E-state index < -0.39 is 12.0 Å². The van der Waals surface area contributed by atoms with Crippen LogP contribution in [0.5, 0.6) is 0 Å². The molecule has 0 spiro atoms. The number of carbonyl (C=O) groups is 3. The normalized spacial score (nSPS) is 17.6. The quantitative estimate of drug-likeness (QED) is 0.521. The average molecular weight is 300 g/mol. The van der Waals surface area contributed by atoms with E-state index in [1.54, 1.807) is 0 Å². The maximum absolute atomic E-state index is 12.0. The fourth-order valence-electron chi connectivity index (χ4n) is 2.44. The number of carbonyl (C=O) groups excluding carboxylic acids is 2. The Labute approximate surface area is 124 Å². The van der Waals surface area contributed by atoms with E-state index in [0.717, 1.165) is 25.7 Å². The van der Waals surface area contributed by atoms with E-state index in [-0.39, 0.29) is 18.4 Å². The zero-order chi connectivity index (χ0) is 15.7. The van der Waals surface area contributed by atoms with Crippen molar-refractivity contribution in [2.75, 3.05) is 20.2 Å². The van der Waals surface area contributed by atoms with Crippen molar-refractivity contribution in [3.05, 3.63) is 0 Å². The number of ether oxygens (including phenoxy) is 1. The first-order valence-corrected chi connectivity index (χ1v) is 7.40. The van der Waals surface area contributed by atoms with E-state index in [4.69, 9.17) is 9.84 Å². The molecule has 0 aromatic heterocycles. The van der Waals surface area contributed by atoms with Crippen LogP contribution < -0.4 is 5.32 Å². The largest absolute Gasteiger partial charge is 0.481 e. The number of urea groups is 1. The van der Waals surface area contributed by atoms with Crippen molar-refractivity contribution in [2.24, 2.45) is 0 Å². The van der Waals surface area contributed by atoms with Gasteiger partial charge >= 0.3 is 18.0 Å². The molecule has 0 bridgehead atoms. The summed E-state index contributed by atoms with van der Waals surface area (Å²) in [7, 11) is 1.33. The molecule has 0 aliphatic carbocycles. The van der Waals surface area contributed by atoms with Crippen LogP contribution in [0.1, 0.15) is 44.9 Å². The molecule has 7 nitrogen and oxygen atoms in total. The second-order valence-electron chi connectivity index (χ2n) is 5.16. The van der Waals surface area contributed by atoms with Gasteiger partial charge in [-0.05, 0) is 25.7 Å². The van der Waals surface area contributed by atoms with Crippen molar-refractivity contribution in [3.8, 4) is 0 Å². The highest BCUT2D eigenvalue weighted by Crippen LogP contribution is 2.18. The van der Waals surface area contributed by atoms with Crippen molar-refractivity contribution in [1.82, 2.24) is 10.2 Å². The lowest BCUT2D eigenvalue weighted by Gasteiger charge is -2.22. The summed E-state index contributed by atoms with van der Waals surface area (Å²) in [4.78, 5) is 35.4. The lowest BCUT2D eigenvalue weighted by atomic mass is 10.1. The number of unbranched alkanes of at least 4 members (excludes halogenated alkanes) is 3. The molecule has 0 aromatic carbocycles. The van der Waals surface area contributed by atoms with Crippen molar-refractivity contribution in [2.45, 2.75) is 51.0 Å². The predicted octanol–water partition coefficient (Wildman–Crippen LogP) is 1.37. The molecule has 120 valence electrons. The summed E-state index contributed by atoms with van der Waals surface area (Å²) in [6, 6.07) is -0.695. The molecule has 0 saturated carbocycles. The van der Waals surface area contributed by atoms with Gasteiger partial charge in [0.15, 0.2) is 0 Å². The molecule has 2 N–H and O–H groups in total. The standard InChI is InChI=1S/C14H24N2O5/c1-21-13(19)11-7-6-10-16(11)14(20)15-9-5-3-2-4-8-12(17)18/h11H,2-10H2,1H3,(H,15,20)(H,17,18). The molecule has 21 heavy (non-hydrogen) atoms. The Hall–Kier alpha value is -1.79. The van der Waals surface area contributed by atoms with E-state index in [0.29, 0.717) is 25.9 Å². The van der Waals surface area contributed by atoms with E-state index in [1.807, 2.05) is 0 Å². The highest BCUT2D eigenvalue weighted by Gasteiger charge is 2.34. The fraction of sp³-hybridized carbons (Fsp3) is 0.786. The maximum atomic E-state index is 12.0. The number of amides is 2. The first-order valence-electron chi connectivity index (χ1n) is 7.40. The van der Waals surface area contributed by atoms with Crippen molar-refractivity contribution in [1.29, 1.82) is 0 Å². The number of aliphatic carboxylic acids is 1. The SMILES string of the molecule is COC(=O)C1CCCN1C(=O)NCCCCCCC(=O)O. The van der Waals surface area contributed by atoms with Crippen LogP contribution in [0.15, 0.2) is 0 Å². The topological polar surface area (TPSA) is 95.9 Å². The third-order valence-corrected chi connectivity index (χ3v) is 3.58. The fourth-order valence-corrected chi connectivity index (χ4v) is 2.44. The molecule has 1 rings (SSSR count). The highest BCUT2D eigenvalue weighted by molar-refractivity contribution is 5.84. The van der Waals surface area contributed by atoms with Gasteiger partial charge < -0.3 is 20.1 Å². The minimum atomic E-state index is -0.772. The monoisotopic (exact) mass is 300 g/mol. The van der Waals surface area contributed by atoms with Crippen LogP contribution in [0, 0.1) is 0 Å². The molecule has 1 saturated heterocycles. The van der Waals surface area contributed by atoms with Crippen molar-refractivity contribution < 1.29 is 24.2 Å². The minimum Gasteiger partial charge on any atom is -0.481 e. The Bertz CT molecular complexity index is 372. The maximum Gasteiger partial charge on any atom is 0.328 e. The Balaban J connectivity index is 2.15. The van der Waals surface area contributed by atoms with Crippen LogP contribution in [0.2, 0.25) is 0 Å². The van der Waals surface area contributed by atoms with Crippen molar-refractivity contribution in [3.63, 3.8) is 0 Å². The van der Waals surface area contributed by atoms with Gasteiger partial charge in [-0.1, -0.05) is 12.8 Å². The molecule has 0 aromatic rings. The first kappa shape index (κ1) is 17.3. The number of esters is 1. The molecule has 1 aliphatic heterocycles. The molecule has 1 fully saturated rings. The molecule has 1 heterocycles. The second-order valence-corrected chi connectivity index (χ2v) is 5.16. The van der Waals surface area contributed by atoms with E-state index in [2.05, 4.69) is 5.32 Å². The Morgan fingerprint density at radius 2 is 1.95 bits per heavy atom. The van der Waals surface area contributed by atoms with Gasteiger partial charge in [0.2, 0.25) is 0 Å². The van der Waals surface area contributed by atoms with Crippen LogP contribution in [-0.2, 0) is 14.3 Å². The van der Waals surface area contributed by atoms with Gasteiger partial charge in [-0.15, -0.1) is 0 Å². The number of methoxy groups -OCH3 is 1. The molecule has 0 radical (unpaired) electrons. The number of rotatable bonds is 8. The van der Waals surface area contributed by atoms with Crippen LogP contribution in [0.4, 0.5) is 4.79 Å². The number of hydrogen-bond acceptors (Lipinski definition) is 4. The Morgan fingerprint density at radius 3 is 2.62 bits per heavy atom. The summed E-state index contributed by atoms with van der Waals surface area (Å²) in [5.41, 5.74) is 0. The summed E-state index contributed by atoms with van der Waals surface area (Å²) in [5.74, 6) is -1.14. The predicted molar refractivity (Wildman–Crippen MR) is 75.9 cm³/mol. The summed E-state index contributed by atoms with van der Waals surface area (Å²) in [5, 5.41) is 11.3. The molecule has 1 aliphatic rings. The lowest BCUT2D eigenvalue weighted by Crippen LogP contribution is -2.46. The number of carboxylic acid groups (broad SMARTS) is 1. The van der Waals surface area contributed by atoms with Gasteiger partial charge in [0.05, 0.1) is 7.11 Å². The van der Waals surface area contributed by atoms with Gasteiger partial charge in [0.25, 0.3) is 0 Å². The van der Waals surface area contributed by atoms with Gasteiger partial charge in [0, 0.05) is 19.5 Å². The van der Waals surface area contributed by atoms with Crippen LogP contribution in [0.25, 0.3) is 0 Å². The number of nitrogens with zero attached hydrogens (tertiary/aromatic N) is 1. The molecule has 1 unspecified atom stereocenters. The average Bonchev–Trinajstić information content (AvgIpc) is 2.94. The number of carboxylic acids is 1. The summed E-state index contributed by atoms with van der Waals surface area (Å²) in [6.07, 6.45) is 4.85. The zero-order valence-electron chi connectivity index (χ0n) is 12.5. The first-order chi connectivity index (χ1) is 10.1. The third-order valence-electron chi connectivity index (χ3n) is 3.58. The third kappa shape index (κ3) is 6.01. The molecular formula is C14H24N2O5. The number of likely N-dealkylation sites (tertiary alicyclic amines) is 1. The number of nitrogens with one attached hydrogen (secondary N) is 1. The molecule has 1 atom stereocenters. The van der Waals surface area contributed by atoms with E-state index in [1.165, 1.54) is 12.0 Å². The Morgan fingerprint density at radius 1 is 1.24 bits per heavy atom. The summed E-state index contributed by atoms with van der Waals surface area (Å²) < 4.78 is 4.70. The highest BCUT2D eigenvalue weighted by atomic mass is 16.5. The van der Waals surface area contributed by atoms with Crippen LogP contribution in [-0.4, -0.2) is 54.2 Å².